The molecule has 0 bridgehead atoms. The van der Waals surface area contributed by atoms with Crippen LogP contribution < -0.4 is 0 Å². The van der Waals surface area contributed by atoms with Crippen LogP contribution >= 0.6 is 11.8 Å². The zero-order valence-corrected chi connectivity index (χ0v) is 10.3. The standard InChI is InChI=1S/C10H18N2O2S/c1-4-13-9(14-5-2)7-15-10-11-6-8(3)12-10/h6,9H,4-5,7H2,1-3H3,(H,11,12). The lowest BCUT2D eigenvalue weighted by molar-refractivity contribution is -0.120. The van der Waals surface area contributed by atoms with E-state index in [-0.39, 0.29) is 6.29 Å². The highest BCUT2D eigenvalue weighted by Crippen LogP contribution is 2.16. The lowest BCUT2D eigenvalue weighted by Crippen LogP contribution is -2.20. The molecule has 0 aliphatic rings. The van der Waals surface area contributed by atoms with Gasteiger partial charge in [-0.1, -0.05) is 11.8 Å². The molecular weight excluding hydrogens is 212 g/mol. The third kappa shape index (κ3) is 4.68. The number of hydrogen-bond donors (Lipinski definition) is 1. The van der Waals surface area contributed by atoms with Crippen molar-refractivity contribution >= 4 is 11.8 Å². The molecule has 0 aliphatic carbocycles. The highest BCUT2D eigenvalue weighted by atomic mass is 32.2. The molecule has 15 heavy (non-hydrogen) atoms. The number of aromatic amines is 1. The molecule has 0 amide bonds. The number of aryl methyl sites for hydroxylation is 1. The van der Waals surface area contributed by atoms with Crippen molar-refractivity contribution < 1.29 is 9.47 Å². The maximum atomic E-state index is 5.43. The summed E-state index contributed by atoms with van der Waals surface area (Å²) < 4.78 is 10.9. The van der Waals surface area contributed by atoms with Crippen molar-refractivity contribution in [3.63, 3.8) is 0 Å². The van der Waals surface area contributed by atoms with E-state index in [0.717, 1.165) is 16.6 Å². The van der Waals surface area contributed by atoms with Gasteiger partial charge in [-0.2, -0.15) is 0 Å². The first-order valence-corrected chi connectivity index (χ1v) is 6.12. The summed E-state index contributed by atoms with van der Waals surface area (Å²) in [6.07, 6.45) is 1.68. The quantitative estimate of drug-likeness (QED) is 0.576. The number of nitrogens with one attached hydrogen (secondary N) is 1. The molecule has 1 aromatic heterocycles. The Morgan fingerprint density at radius 2 is 2.07 bits per heavy atom. The van der Waals surface area contributed by atoms with Gasteiger partial charge in [-0.25, -0.2) is 4.98 Å². The van der Waals surface area contributed by atoms with Crippen LogP contribution in [-0.4, -0.2) is 35.2 Å². The van der Waals surface area contributed by atoms with Gasteiger partial charge in [0, 0.05) is 25.1 Å². The van der Waals surface area contributed by atoms with E-state index in [1.54, 1.807) is 11.8 Å². The number of imidazole rings is 1. The fourth-order valence-electron chi connectivity index (χ4n) is 1.13. The molecule has 1 aromatic rings. The third-order valence-corrected chi connectivity index (χ3v) is 2.66. The fraction of sp³-hybridized carbons (Fsp3) is 0.700. The van der Waals surface area contributed by atoms with Crippen LogP contribution in [0, 0.1) is 6.92 Å². The lowest BCUT2D eigenvalue weighted by Gasteiger charge is -2.15. The van der Waals surface area contributed by atoms with Gasteiger partial charge in [-0.05, 0) is 20.8 Å². The minimum absolute atomic E-state index is 0.143. The van der Waals surface area contributed by atoms with E-state index in [2.05, 4.69) is 9.97 Å². The molecule has 86 valence electrons. The largest absolute Gasteiger partial charge is 0.352 e. The SMILES string of the molecule is CCOC(CSc1ncc(C)[nH]1)OCC. The van der Waals surface area contributed by atoms with E-state index >= 15 is 0 Å². The van der Waals surface area contributed by atoms with Crippen molar-refractivity contribution in [3.05, 3.63) is 11.9 Å². The van der Waals surface area contributed by atoms with Gasteiger partial charge in [0.1, 0.15) is 0 Å². The number of rotatable bonds is 7. The summed E-state index contributed by atoms with van der Waals surface area (Å²) in [5.41, 5.74) is 1.07. The van der Waals surface area contributed by atoms with E-state index in [4.69, 9.17) is 9.47 Å². The molecule has 5 heteroatoms. The number of ether oxygens (including phenoxy) is 2. The number of nitrogens with zero attached hydrogens (tertiary/aromatic N) is 1. The Kier molecular flexibility index (Phi) is 5.75. The van der Waals surface area contributed by atoms with Crippen LogP contribution in [0.1, 0.15) is 19.5 Å². The van der Waals surface area contributed by atoms with E-state index in [1.807, 2.05) is 27.0 Å². The van der Waals surface area contributed by atoms with Crippen molar-refractivity contribution in [2.75, 3.05) is 19.0 Å². The van der Waals surface area contributed by atoms with Crippen LogP contribution in [0.2, 0.25) is 0 Å². The number of thioether (sulfide) groups is 1. The number of H-pyrrole nitrogens is 1. The van der Waals surface area contributed by atoms with Gasteiger partial charge in [0.05, 0.1) is 5.75 Å². The summed E-state index contributed by atoms with van der Waals surface area (Å²) in [6.45, 7) is 7.26. The van der Waals surface area contributed by atoms with Crippen molar-refractivity contribution in [2.24, 2.45) is 0 Å². The van der Waals surface area contributed by atoms with Crippen molar-refractivity contribution in [1.82, 2.24) is 9.97 Å². The Morgan fingerprint density at radius 3 is 2.53 bits per heavy atom. The van der Waals surface area contributed by atoms with Crippen molar-refractivity contribution in [2.45, 2.75) is 32.2 Å². The molecule has 0 fully saturated rings. The Labute approximate surface area is 94.8 Å². The average molecular weight is 230 g/mol. The summed E-state index contributed by atoms with van der Waals surface area (Å²) in [4.78, 5) is 7.36. The summed E-state index contributed by atoms with van der Waals surface area (Å²) in [6, 6.07) is 0. The Balaban J connectivity index is 2.32. The van der Waals surface area contributed by atoms with Crippen molar-refractivity contribution in [3.8, 4) is 0 Å². The first-order valence-electron chi connectivity index (χ1n) is 5.13. The molecule has 1 N–H and O–H groups in total. The van der Waals surface area contributed by atoms with Crippen LogP contribution in [0.3, 0.4) is 0 Å². The molecule has 0 radical (unpaired) electrons. The number of aromatic nitrogens is 2. The minimum Gasteiger partial charge on any atom is -0.352 e. The highest BCUT2D eigenvalue weighted by Gasteiger charge is 2.09. The maximum absolute atomic E-state index is 5.43. The summed E-state index contributed by atoms with van der Waals surface area (Å²) in [5.74, 6) is 0.759. The Bertz CT molecular complexity index is 272. The van der Waals surface area contributed by atoms with Gasteiger partial charge in [-0.3, -0.25) is 0 Å². The molecule has 0 unspecified atom stereocenters. The van der Waals surface area contributed by atoms with Gasteiger partial charge >= 0.3 is 0 Å². The molecule has 0 saturated heterocycles. The van der Waals surface area contributed by atoms with Gasteiger partial charge in [0.15, 0.2) is 11.4 Å². The average Bonchev–Trinajstić information content (AvgIpc) is 2.61. The lowest BCUT2D eigenvalue weighted by atomic mass is 10.6. The summed E-state index contributed by atoms with van der Waals surface area (Å²) in [7, 11) is 0. The van der Waals surface area contributed by atoms with Crippen LogP contribution in [0.25, 0.3) is 0 Å². The van der Waals surface area contributed by atoms with Gasteiger partial charge in [0.25, 0.3) is 0 Å². The molecule has 1 rings (SSSR count). The maximum Gasteiger partial charge on any atom is 0.166 e. The molecule has 0 aromatic carbocycles. The number of hydrogen-bond acceptors (Lipinski definition) is 4. The van der Waals surface area contributed by atoms with Gasteiger partial charge in [-0.15, -0.1) is 0 Å². The second-order valence-corrected chi connectivity index (χ2v) is 4.03. The van der Waals surface area contributed by atoms with E-state index in [0.29, 0.717) is 13.2 Å². The van der Waals surface area contributed by atoms with E-state index in [1.165, 1.54) is 0 Å². The van der Waals surface area contributed by atoms with Crippen LogP contribution in [0.5, 0.6) is 0 Å². The monoisotopic (exact) mass is 230 g/mol. The fourth-order valence-corrected chi connectivity index (χ4v) is 1.97. The third-order valence-electron chi connectivity index (χ3n) is 1.74. The molecule has 0 spiro atoms. The van der Waals surface area contributed by atoms with Crippen molar-refractivity contribution in [1.29, 1.82) is 0 Å². The second-order valence-electron chi connectivity index (χ2n) is 3.02. The molecular formula is C10H18N2O2S. The Hall–Kier alpha value is -0.520. The molecule has 0 atom stereocenters. The van der Waals surface area contributed by atoms with E-state index in [9.17, 15) is 0 Å². The normalized spacial score (nSPS) is 11.2. The van der Waals surface area contributed by atoms with Crippen LogP contribution in [0.4, 0.5) is 0 Å². The summed E-state index contributed by atoms with van der Waals surface area (Å²) >= 11 is 1.61. The van der Waals surface area contributed by atoms with Gasteiger partial charge < -0.3 is 14.5 Å². The summed E-state index contributed by atoms with van der Waals surface area (Å²) in [5, 5.41) is 0.914. The molecule has 1 heterocycles. The topological polar surface area (TPSA) is 47.1 Å². The first-order chi connectivity index (χ1) is 7.26. The van der Waals surface area contributed by atoms with Crippen LogP contribution in [0.15, 0.2) is 11.4 Å². The molecule has 0 aliphatic heterocycles. The predicted molar refractivity (Wildman–Crippen MR) is 61.1 cm³/mol. The predicted octanol–water partition coefficient (Wildman–Crippen LogP) is 2.21. The minimum atomic E-state index is -0.143. The van der Waals surface area contributed by atoms with Crippen LogP contribution in [-0.2, 0) is 9.47 Å². The Morgan fingerprint density at radius 1 is 1.40 bits per heavy atom. The zero-order valence-electron chi connectivity index (χ0n) is 9.45. The molecule has 0 saturated carbocycles. The smallest absolute Gasteiger partial charge is 0.166 e. The van der Waals surface area contributed by atoms with E-state index < -0.39 is 0 Å². The highest BCUT2D eigenvalue weighted by molar-refractivity contribution is 7.99. The molecule has 4 nitrogen and oxygen atoms in total. The second kappa shape index (κ2) is 6.87. The van der Waals surface area contributed by atoms with Gasteiger partial charge in [0.2, 0.25) is 0 Å². The first kappa shape index (κ1) is 12.5. The zero-order chi connectivity index (χ0) is 11.1.